The van der Waals surface area contributed by atoms with Crippen LogP contribution in [0.25, 0.3) is 17.4 Å². The van der Waals surface area contributed by atoms with Gasteiger partial charge in [-0.25, -0.2) is 0 Å². The van der Waals surface area contributed by atoms with Gasteiger partial charge in [0.1, 0.15) is 17.2 Å². The van der Waals surface area contributed by atoms with E-state index in [1.807, 2.05) is 25.1 Å². The molecule has 4 rings (SSSR count). The van der Waals surface area contributed by atoms with Gasteiger partial charge in [0, 0.05) is 41.2 Å². The summed E-state index contributed by atoms with van der Waals surface area (Å²) in [4.78, 5) is 29.9. The highest BCUT2D eigenvalue weighted by molar-refractivity contribution is 6.35. The van der Waals surface area contributed by atoms with Crippen molar-refractivity contribution in [3.8, 4) is 11.3 Å². The van der Waals surface area contributed by atoms with E-state index < -0.39 is 11.8 Å². The Morgan fingerprint density at radius 1 is 1.03 bits per heavy atom. The van der Waals surface area contributed by atoms with E-state index >= 15 is 0 Å². The molecule has 0 aliphatic heterocycles. The molecular weight excluding hydrogens is 485 g/mol. The lowest BCUT2D eigenvalue weighted by Gasteiger charge is -2.11. The fourth-order valence-corrected chi connectivity index (χ4v) is 3.62. The lowest BCUT2D eigenvalue weighted by molar-refractivity contribution is -0.117. The van der Waals surface area contributed by atoms with Crippen LogP contribution in [-0.4, -0.2) is 16.8 Å². The Bertz CT molecular complexity index is 1380. The molecule has 0 saturated heterocycles. The van der Waals surface area contributed by atoms with Gasteiger partial charge in [0.25, 0.3) is 11.8 Å². The second-order valence-electron chi connectivity index (χ2n) is 7.75. The third-order valence-electron chi connectivity index (χ3n) is 5.09. The first-order valence-corrected chi connectivity index (χ1v) is 11.5. The van der Waals surface area contributed by atoms with E-state index in [1.165, 1.54) is 6.08 Å². The van der Waals surface area contributed by atoms with E-state index in [1.54, 1.807) is 60.9 Å². The number of nitrogens with zero attached hydrogens (tertiary/aromatic N) is 1. The normalized spacial score (nSPS) is 11.2. The SMILES string of the molecule is Cc1ccc(C(=O)NC(=Cc2ccc(-c3cc(Cl)ccc3Cl)o2)C(=O)NCc2cccnc2)cc1. The molecule has 0 atom stereocenters. The number of halogens is 2. The number of amides is 2. The maximum Gasteiger partial charge on any atom is 0.268 e. The van der Waals surface area contributed by atoms with E-state index in [2.05, 4.69) is 15.6 Å². The number of aromatic nitrogens is 1. The summed E-state index contributed by atoms with van der Waals surface area (Å²) in [7, 11) is 0. The number of nitrogens with one attached hydrogen (secondary N) is 2. The van der Waals surface area contributed by atoms with E-state index in [4.69, 9.17) is 27.6 Å². The minimum atomic E-state index is -0.479. The van der Waals surface area contributed by atoms with Crippen LogP contribution >= 0.6 is 23.2 Å². The number of furan rings is 1. The first-order chi connectivity index (χ1) is 16.9. The Morgan fingerprint density at radius 2 is 1.83 bits per heavy atom. The van der Waals surface area contributed by atoms with Crippen LogP contribution in [-0.2, 0) is 11.3 Å². The Morgan fingerprint density at radius 3 is 2.57 bits per heavy atom. The molecule has 2 N–H and O–H groups in total. The molecule has 8 heteroatoms. The standard InChI is InChI=1S/C27H21Cl2N3O3/c1-17-4-6-19(7-5-17)26(33)32-24(27(34)31-16-18-3-2-12-30-15-18)14-21-9-11-25(35-21)22-13-20(28)8-10-23(22)29/h2-15H,16H2,1H3,(H,31,34)(H,32,33). The maximum absolute atomic E-state index is 13.0. The summed E-state index contributed by atoms with van der Waals surface area (Å²) < 4.78 is 5.89. The van der Waals surface area contributed by atoms with Gasteiger partial charge in [-0.3, -0.25) is 14.6 Å². The molecule has 0 aliphatic carbocycles. The van der Waals surface area contributed by atoms with Crippen molar-refractivity contribution in [2.45, 2.75) is 13.5 Å². The summed E-state index contributed by atoms with van der Waals surface area (Å²) in [5.41, 5.74) is 2.91. The maximum atomic E-state index is 13.0. The predicted molar refractivity (Wildman–Crippen MR) is 137 cm³/mol. The number of carbonyl (C=O) groups excluding carboxylic acids is 2. The Balaban J connectivity index is 1.60. The zero-order valence-electron chi connectivity index (χ0n) is 18.7. The highest BCUT2D eigenvalue weighted by Crippen LogP contribution is 2.32. The van der Waals surface area contributed by atoms with Crippen LogP contribution in [0.2, 0.25) is 10.0 Å². The fraction of sp³-hybridized carbons (Fsp3) is 0.0741. The second-order valence-corrected chi connectivity index (χ2v) is 8.59. The average Bonchev–Trinajstić information content (AvgIpc) is 3.33. The van der Waals surface area contributed by atoms with E-state index in [0.717, 1.165) is 11.1 Å². The van der Waals surface area contributed by atoms with Gasteiger partial charge in [-0.2, -0.15) is 0 Å². The predicted octanol–water partition coefficient (Wildman–Crippen LogP) is 6.04. The van der Waals surface area contributed by atoms with Crippen molar-refractivity contribution in [2.75, 3.05) is 0 Å². The van der Waals surface area contributed by atoms with Crippen LogP contribution in [0, 0.1) is 6.92 Å². The van der Waals surface area contributed by atoms with Gasteiger partial charge in [-0.15, -0.1) is 0 Å². The van der Waals surface area contributed by atoms with Crippen LogP contribution < -0.4 is 10.6 Å². The number of benzene rings is 2. The second kappa shape index (κ2) is 11.0. The van der Waals surface area contributed by atoms with Gasteiger partial charge < -0.3 is 15.1 Å². The molecule has 0 saturated carbocycles. The third kappa shape index (κ3) is 6.38. The molecule has 0 aliphatic rings. The van der Waals surface area contributed by atoms with E-state index in [-0.39, 0.29) is 12.2 Å². The van der Waals surface area contributed by atoms with E-state index in [0.29, 0.717) is 32.7 Å². The van der Waals surface area contributed by atoms with Crippen LogP contribution in [0.1, 0.15) is 27.2 Å². The molecule has 2 amide bonds. The zero-order chi connectivity index (χ0) is 24.8. The molecule has 0 radical (unpaired) electrons. The van der Waals surface area contributed by atoms with Gasteiger partial charge in [-0.1, -0.05) is 47.0 Å². The van der Waals surface area contributed by atoms with Crippen molar-refractivity contribution in [3.05, 3.63) is 117 Å². The summed E-state index contributed by atoms with van der Waals surface area (Å²) in [6, 6.07) is 19.1. The molecule has 2 aromatic heterocycles. The molecule has 0 unspecified atom stereocenters. The molecule has 2 heterocycles. The third-order valence-corrected chi connectivity index (χ3v) is 5.65. The van der Waals surface area contributed by atoms with Crippen LogP contribution in [0.4, 0.5) is 0 Å². The fourth-order valence-electron chi connectivity index (χ4n) is 3.24. The van der Waals surface area contributed by atoms with Gasteiger partial charge in [0.2, 0.25) is 0 Å². The summed E-state index contributed by atoms with van der Waals surface area (Å²) in [6.45, 7) is 2.17. The van der Waals surface area contributed by atoms with Crippen molar-refractivity contribution in [1.82, 2.24) is 15.6 Å². The molecule has 6 nitrogen and oxygen atoms in total. The molecule has 176 valence electrons. The molecule has 35 heavy (non-hydrogen) atoms. The van der Waals surface area contributed by atoms with Crippen LogP contribution in [0.5, 0.6) is 0 Å². The lowest BCUT2D eigenvalue weighted by Crippen LogP contribution is -2.34. The molecule has 4 aromatic rings. The summed E-state index contributed by atoms with van der Waals surface area (Å²) in [5.74, 6) is -0.0685. The monoisotopic (exact) mass is 505 g/mol. The smallest absolute Gasteiger partial charge is 0.268 e. The number of pyridine rings is 1. The highest BCUT2D eigenvalue weighted by Gasteiger charge is 2.16. The molecule has 2 aromatic carbocycles. The first kappa shape index (κ1) is 24.3. The lowest BCUT2D eigenvalue weighted by atomic mass is 10.1. The van der Waals surface area contributed by atoms with E-state index in [9.17, 15) is 9.59 Å². The van der Waals surface area contributed by atoms with Gasteiger partial charge in [-0.05, 0) is 61.0 Å². The summed E-state index contributed by atoms with van der Waals surface area (Å²) in [6.07, 6.45) is 4.77. The minimum Gasteiger partial charge on any atom is -0.457 e. The van der Waals surface area contributed by atoms with Crippen molar-refractivity contribution in [3.63, 3.8) is 0 Å². The Kier molecular flexibility index (Phi) is 7.65. The number of carbonyl (C=O) groups is 2. The molecule has 0 bridgehead atoms. The van der Waals surface area contributed by atoms with Gasteiger partial charge in [0.15, 0.2) is 0 Å². The number of hydrogen-bond acceptors (Lipinski definition) is 4. The summed E-state index contributed by atoms with van der Waals surface area (Å²) in [5, 5.41) is 6.48. The number of hydrogen-bond donors (Lipinski definition) is 2. The van der Waals surface area contributed by atoms with Crippen molar-refractivity contribution in [2.24, 2.45) is 0 Å². The Hall–Kier alpha value is -3.87. The number of aryl methyl sites for hydroxylation is 1. The quantitative estimate of drug-likeness (QED) is 0.299. The minimum absolute atomic E-state index is 0.0255. The van der Waals surface area contributed by atoms with Gasteiger partial charge >= 0.3 is 0 Å². The largest absolute Gasteiger partial charge is 0.457 e. The number of rotatable bonds is 7. The molecular formula is C27H21Cl2N3O3. The van der Waals surface area contributed by atoms with Gasteiger partial charge in [0.05, 0.1) is 5.02 Å². The van der Waals surface area contributed by atoms with Crippen molar-refractivity contribution < 1.29 is 14.0 Å². The average molecular weight is 506 g/mol. The molecule has 0 fully saturated rings. The topological polar surface area (TPSA) is 84.2 Å². The summed E-state index contributed by atoms with van der Waals surface area (Å²) >= 11 is 12.4. The van der Waals surface area contributed by atoms with Crippen LogP contribution in [0.3, 0.4) is 0 Å². The van der Waals surface area contributed by atoms with Crippen molar-refractivity contribution in [1.29, 1.82) is 0 Å². The Labute approximate surface area is 212 Å². The first-order valence-electron chi connectivity index (χ1n) is 10.7. The van der Waals surface area contributed by atoms with Crippen molar-refractivity contribution >= 4 is 41.1 Å². The molecule has 0 spiro atoms. The zero-order valence-corrected chi connectivity index (χ0v) is 20.2. The highest BCUT2D eigenvalue weighted by atomic mass is 35.5. The van der Waals surface area contributed by atoms with Crippen LogP contribution in [0.15, 0.2) is 89.2 Å².